The van der Waals surface area contributed by atoms with Gasteiger partial charge in [-0.3, -0.25) is 9.69 Å². The fraction of sp³-hybridized carbons (Fsp3) is 0.333. The lowest BCUT2D eigenvalue weighted by Gasteiger charge is -2.23. The normalized spacial score (nSPS) is 16.6. The molecule has 0 aliphatic carbocycles. The smallest absolute Gasteiger partial charge is 0.258 e. The van der Waals surface area contributed by atoms with Crippen molar-refractivity contribution in [1.82, 2.24) is 4.98 Å². The second kappa shape index (κ2) is 8.06. The predicted octanol–water partition coefficient (Wildman–Crippen LogP) is 4.41. The molecule has 1 aromatic heterocycles. The predicted molar refractivity (Wildman–Crippen MR) is 107 cm³/mol. The van der Waals surface area contributed by atoms with E-state index in [1.807, 2.05) is 55.5 Å². The van der Waals surface area contributed by atoms with E-state index in [2.05, 4.69) is 0 Å². The number of hydrogen-bond donors (Lipinski definition) is 0. The van der Waals surface area contributed by atoms with Crippen molar-refractivity contribution < 1.29 is 14.3 Å². The van der Waals surface area contributed by atoms with E-state index in [-0.39, 0.29) is 12.0 Å². The van der Waals surface area contributed by atoms with E-state index in [1.54, 1.807) is 4.90 Å². The molecule has 0 bridgehead atoms. The third-order valence-electron chi connectivity index (χ3n) is 4.55. The van der Waals surface area contributed by atoms with Gasteiger partial charge in [0.1, 0.15) is 11.9 Å². The number of nitrogens with zero attached hydrogens (tertiary/aromatic N) is 2. The van der Waals surface area contributed by atoms with Gasteiger partial charge >= 0.3 is 0 Å². The van der Waals surface area contributed by atoms with E-state index >= 15 is 0 Å². The van der Waals surface area contributed by atoms with Crippen molar-refractivity contribution in [2.45, 2.75) is 32.4 Å². The number of anilines is 1. The van der Waals surface area contributed by atoms with Crippen molar-refractivity contribution in [2.75, 3.05) is 18.1 Å². The minimum Gasteiger partial charge on any atom is -0.494 e. The number of ether oxygens (including phenoxy) is 2. The highest BCUT2D eigenvalue weighted by molar-refractivity contribution is 7.22. The van der Waals surface area contributed by atoms with Gasteiger partial charge in [0.25, 0.3) is 5.91 Å². The van der Waals surface area contributed by atoms with Gasteiger partial charge in [0.05, 0.1) is 23.4 Å². The highest BCUT2D eigenvalue weighted by Crippen LogP contribution is 2.33. The Morgan fingerprint density at radius 1 is 1.30 bits per heavy atom. The first kappa shape index (κ1) is 17.9. The number of rotatable bonds is 6. The number of fused-ring (bicyclic) bond motifs is 1. The third-order valence-corrected chi connectivity index (χ3v) is 5.59. The molecule has 140 valence electrons. The average molecular weight is 382 g/mol. The number of thiazole rings is 1. The van der Waals surface area contributed by atoms with E-state index in [0.29, 0.717) is 24.9 Å². The maximum atomic E-state index is 13.1. The summed E-state index contributed by atoms with van der Waals surface area (Å²) in [5.74, 6) is 0.806. The van der Waals surface area contributed by atoms with Gasteiger partial charge in [0, 0.05) is 6.61 Å². The van der Waals surface area contributed by atoms with Crippen LogP contribution >= 0.6 is 11.3 Å². The lowest BCUT2D eigenvalue weighted by Crippen LogP contribution is -2.38. The topological polar surface area (TPSA) is 51.7 Å². The fourth-order valence-electron chi connectivity index (χ4n) is 3.22. The van der Waals surface area contributed by atoms with Crippen LogP contribution in [0.1, 0.15) is 25.3 Å². The molecule has 1 aliphatic rings. The molecule has 4 rings (SSSR count). The molecule has 5 nitrogen and oxygen atoms in total. The number of carbonyl (C=O) groups excluding carboxylic acids is 1. The monoisotopic (exact) mass is 382 g/mol. The van der Waals surface area contributed by atoms with Crippen LogP contribution in [0.15, 0.2) is 48.5 Å². The Hall–Kier alpha value is -2.44. The number of amides is 1. The van der Waals surface area contributed by atoms with Crippen molar-refractivity contribution >= 4 is 32.6 Å². The molecule has 1 atom stereocenters. The van der Waals surface area contributed by atoms with Gasteiger partial charge in [-0.15, -0.1) is 0 Å². The van der Waals surface area contributed by atoms with Crippen molar-refractivity contribution in [3.05, 3.63) is 54.1 Å². The first-order chi connectivity index (χ1) is 13.2. The summed E-state index contributed by atoms with van der Waals surface area (Å²) in [5, 5.41) is 0.697. The Morgan fingerprint density at radius 2 is 2.15 bits per heavy atom. The molecule has 1 aliphatic heterocycles. The van der Waals surface area contributed by atoms with Crippen LogP contribution < -0.4 is 9.64 Å². The molecule has 2 heterocycles. The number of benzene rings is 2. The summed E-state index contributed by atoms with van der Waals surface area (Å²) >= 11 is 1.51. The van der Waals surface area contributed by atoms with Gasteiger partial charge in [0.2, 0.25) is 0 Å². The van der Waals surface area contributed by atoms with Crippen molar-refractivity contribution in [2.24, 2.45) is 0 Å². The molecule has 0 N–H and O–H groups in total. The second-order valence-electron chi connectivity index (χ2n) is 6.47. The molecule has 1 fully saturated rings. The maximum absolute atomic E-state index is 13.1. The van der Waals surface area contributed by atoms with E-state index < -0.39 is 0 Å². The van der Waals surface area contributed by atoms with Crippen LogP contribution in [-0.4, -0.2) is 30.2 Å². The first-order valence-electron chi connectivity index (χ1n) is 9.25. The van der Waals surface area contributed by atoms with Crippen LogP contribution in [0.5, 0.6) is 5.75 Å². The number of hydrogen-bond acceptors (Lipinski definition) is 5. The third kappa shape index (κ3) is 3.96. The van der Waals surface area contributed by atoms with Crippen LogP contribution in [0.25, 0.3) is 10.2 Å². The highest BCUT2D eigenvalue weighted by Gasteiger charge is 2.30. The average Bonchev–Trinajstić information content (AvgIpc) is 3.36. The summed E-state index contributed by atoms with van der Waals surface area (Å²) in [6, 6.07) is 15.8. The maximum Gasteiger partial charge on any atom is 0.258 e. The van der Waals surface area contributed by atoms with Crippen LogP contribution in [0.3, 0.4) is 0 Å². The zero-order valence-corrected chi connectivity index (χ0v) is 16.1. The van der Waals surface area contributed by atoms with Crippen LogP contribution in [0.4, 0.5) is 5.13 Å². The Bertz CT molecular complexity index is 920. The minimum atomic E-state index is -0.375. The summed E-state index contributed by atoms with van der Waals surface area (Å²) in [4.78, 5) is 19.6. The fourth-order valence-corrected chi connectivity index (χ4v) is 4.22. The van der Waals surface area contributed by atoms with Gasteiger partial charge in [-0.05, 0) is 43.5 Å². The number of aromatic nitrogens is 1. The van der Waals surface area contributed by atoms with Crippen molar-refractivity contribution in [3.8, 4) is 5.75 Å². The van der Waals surface area contributed by atoms with Crippen LogP contribution in [0.2, 0.25) is 0 Å². The molecule has 2 aromatic carbocycles. The van der Waals surface area contributed by atoms with Crippen molar-refractivity contribution in [3.63, 3.8) is 0 Å². The van der Waals surface area contributed by atoms with Gasteiger partial charge in [0.15, 0.2) is 5.13 Å². The molecular formula is C21H22N2O3S. The van der Waals surface area contributed by atoms with Crippen molar-refractivity contribution in [1.29, 1.82) is 0 Å². The lowest BCUT2D eigenvalue weighted by molar-refractivity contribution is -0.127. The molecule has 6 heteroatoms. The van der Waals surface area contributed by atoms with E-state index in [4.69, 9.17) is 14.5 Å². The Balaban J connectivity index is 1.68. The Labute approximate surface area is 162 Å². The summed E-state index contributed by atoms with van der Waals surface area (Å²) in [7, 11) is 0. The molecule has 0 radical (unpaired) electrons. The van der Waals surface area contributed by atoms with Crippen LogP contribution in [0, 0.1) is 0 Å². The van der Waals surface area contributed by atoms with E-state index in [0.717, 1.165) is 34.4 Å². The lowest BCUT2D eigenvalue weighted by atomic mass is 10.2. The Kier molecular flexibility index (Phi) is 5.36. The van der Waals surface area contributed by atoms with Gasteiger partial charge < -0.3 is 9.47 Å². The van der Waals surface area contributed by atoms with Gasteiger partial charge in [-0.2, -0.15) is 0 Å². The molecular weight excluding hydrogens is 360 g/mol. The molecule has 27 heavy (non-hydrogen) atoms. The zero-order valence-electron chi connectivity index (χ0n) is 15.3. The van der Waals surface area contributed by atoms with E-state index in [9.17, 15) is 4.79 Å². The quantitative estimate of drug-likeness (QED) is 0.634. The summed E-state index contributed by atoms with van der Waals surface area (Å²) in [6.45, 7) is 3.71. The molecule has 1 amide bonds. The summed E-state index contributed by atoms with van der Waals surface area (Å²) in [5.41, 5.74) is 1.94. The van der Waals surface area contributed by atoms with E-state index in [1.165, 1.54) is 11.3 Å². The minimum absolute atomic E-state index is 0.0135. The highest BCUT2D eigenvalue weighted by atomic mass is 32.1. The SMILES string of the molecule is CCOc1ccc2nc(N(Cc3ccccc3)C(=O)C3CCCO3)sc2c1. The largest absolute Gasteiger partial charge is 0.494 e. The number of carbonyl (C=O) groups is 1. The summed E-state index contributed by atoms with van der Waals surface area (Å²) < 4.78 is 12.2. The van der Waals surface area contributed by atoms with Crippen LogP contribution in [-0.2, 0) is 16.1 Å². The van der Waals surface area contributed by atoms with Gasteiger partial charge in [-0.25, -0.2) is 4.98 Å². The first-order valence-corrected chi connectivity index (χ1v) is 10.1. The second-order valence-corrected chi connectivity index (χ2v) is 7.48. The molecule has 0 saturated carbocycles. The Morgan fingerprint density at radius 3 is 2.89 bits per heavy atom. The van der Waals surface area contributed by atoms with Gasteiger partial charge in [-0.1, -0.05) is 41.7 Å². The molecule has 1 unspecified atom stereocenters. The molecule has 1 saturated heterocycles. The summed E-state index contributed by atoms with van der Waals surface area (Å²) in [6.07, 6.45) is 1.32. The molecule has 3 aromatic rings. The molecule has 0 spiro atoms. The zero-order chi connectivity index (χ0) is 18.6. The standard InChI is InChI=1S/C21H22N2O3S/c1-2-25-16-10-11-17-19(13-16)27-21(22-17)23(14-15-7-4-3-5-8-15)20(24)18-9-6-12-26-18/h3-5,7-8,10-11,13,18H,2,6,9,12,14H2,1H3.